The normalized spacial score (nSPS) is 13.3. The molecular weight excluding hydrogens is 212 g/mol. The molecule has 0 saturated heterocycles. The van der Waals surface area contributed by atoms with E-state index < -0.39 is 23.6 Å². The third-order valence-corrected chi connectivity index (χ3v) is 1.76. The molecule has 0 aliphatic carbocycles. The van der Waals surface area contributed by atoms with Crippen molar-refractivity contribution in [3.05, 3.63) is 35.1 Å². The minimum atomic E-state index is -4.65. The van der Waals surface area contributed by atoms with Crippen molar-refractivity contribution in [1.29, 1.82) is 5.26 Å². The second-order valence-corrected chi connectivity index (χ2v) is 2.90. The van der Waals surface area contributed by atoms with Crippen molar-refractivity contribution in [3.8, 4) is 6.07 Å². The van der Waals surface area contributed by atoms with Gasteiger partial charge < -0.3 is 5.73 Å². The summed E-state index contributed by atoms with van der Waals surface area (Å²) in [6.45, 7) is 0. The van der Waals surface area contributed by atoms with E-state index in [0.29, 0.717) is 6.07 Å². The molecule has 1 atom stereocenters. The molecule has 0 radical (unpaired) electrons. The van der Waals surface area contributed by atoms with Crippen LogP contribution in [0.2, 0.25) is 0 Å². The first-order valence-corrected chi connectivity index (χ1v) is 3.87. The number of rotatable bonds is 1. The third-order valence-electron chi connectivity index (χ3n) is 1.76. The van der Waals surface area contributed by atoms with Crippen molar-refractivity contribution in [2.45, 2.75) is 12.2 Å². The molecular formula is C9H6F4N2. The van der Waals surface area contributed by atoms with Crippen LogP contribution in [-0.2, 0) is 0 Å². The molecule has 6 heteroatoms. The Morgan fingerprint density at radius 2 is 1.87 bits per heavy atom. The predicted octanol–water partition coefficient (Wildman–Crippen LogP) is 2.26. The van der Waals surface area contributed by atoms with Gasteiger partial charge in [0.2, 0.25) is 0 Å². The number of hydrogen-bond donors (Lipinski definition) is 1. The van der Waals surface area contributed by atoms with Crippen molar-refractivity contribution >= 4 is 0 Å². The van der Waals surface area contributed by atoms with Crippen molar-refractivity contribution in [1.82, 2.24) is 0 Å². The van der Waals surface area contributed by atoms with Crippen LogP contribution in [0.1, 0.15) is 17.2 Å². The topological polar surface area (TPSA) is 49.8 Å². The van der Waals surface area contributed by atoms with E-state index in [1.165, 1.54) is 0 Å². The minimum absolute atomic E-state index is 0.190. The highest BCUT2D eigenvalue weighted by Crippen LogP contribution is 2.31. The SMILES string of the molecule is N#Cc1cc(F)cc([C@@H](N)C(F)(F)F)c1. The van der Waals surface area contributed by atoms with E-state index in [4.69, 9.17) is 11.0 Å². The first-order chi connectivity index (χ1) is 6.84. The summed E-state index contributed by atoms with van der Waals surface area (Å²) in [6, 6.07) is 1.70. The average molecular weight is 218 g/mol. The molecule has 0 saturated carbocycles. The van der Waals surface area contributed by atoms with Gasteiger partial charge in [-0.2, -0.15) is 18.4 Å². The van der Waals surface area contributed by atoms with Crippen LogP contribution in [0.3, 0.4) is 0 Å². The van der Waals surface area contributed by atoms with Gasteiger partial charge in [-0.3, -0.25) is 0 Å². The second-order valence-electron chi connectivity index (χ2n) is 2.90. The second kappa shape index (κ2) is 3.87. The lowest BCUT2D eigenvalue weighted by Gasteiger charge is -2.15. The zero-order chi connectivity index (χ0) is 11.6. The number of alkyl halides is 3. The molecule has 0 fully saturated rings. The van der Waals surface area contributed by atoms with Gasteiger partial charge in [-0.25, -0.2) is 4.39 Å². The fourth-order valence-corrected chi connectivity index (χ4v) is 1.05. The highest BCUT2D eigenvalue weighted by Gasteiger charge is 2.38. The molecule has 0 unspecified atom stereocenters. The summed E-state index contributed by atoms with van der Waals surface area (Å²) in [7, 11) is 0. The first-order valence-electron chi connectivity index (χ1n) is 3.87. The summed E-state index contributed by atoms with van der Waals surface area (Å²) in [5, 5.41) is 8.43. The van der Waals surface area contributed by atoms with Gasteiger partial charge in [0.25, 0.3) is 0 Å². The molecule has 2 nitrogen and oxygen atoms in total. The molecule has 2 N–H and O–H groups in total. The average Bonchev–Trinajstić information content (AvgIpc) is 2.14. The van der Waals surface area contributed by atoms with Crippen molar-refractivity contribution in [2.75, 3.05) is 0 Å². The molecule has 0 spiro atoms. The molecule has 1 aromatic rings. The Morgan fingerprint density at radius 3 is 2.33 bits per heavy atom. The van der Waals surface area contributed by atoms with Crippen LogP contribution < -0.4 is 5.73 Å². The zero-order valence-electron chi connectivity index (χ0n) is 7.35. The largest absolute Gasteiger partial charge is 0.407 e. The van der Waals surface area contributed by atoms with E-state index in [9.17, 15) is 17.6 Å². The maximum Gasteiger partial charge on any atom is 0.407 e. The minimum Gasteiger partial charge on any atom is -0.316 e. The summed E-state index contributed by atoms with van der Waals surface area (Å²) >= 11 is 0. The maximum atomic E-state index is 12.8. The summed E-state index contributed by atoms with van der Waals surface area (Å²) in [4.78, 5) is 0. The molecule has 1 aromatic carbocycles. The van der Waals surface area contributed by atoms with Crippen LogP contribution in [0.15, 0.2) is 18.2 Å². The Kier molecular flexibility index (Phi) is 2.95. The Bertz CT molecular complexity index is 406. The van der Waals surface area contributed by atoms with Gasteiger partial charge >= 0.3 is 6.18 Å². The molecule has 0 aliphatic heterocycles. The van der Waals surface area contributed by atoms with Gasteiger partial charge in [-0.05, 0) is 23.8 Å². The van der Waals surface area contributed by atoms with Crippen molar-refractivity contribution < 1.29 is 17.6 Å². The lowest BCUT2D eigenvalue weighted by molar-refractivity contribution is -0.149. The van der Waals surface area contributed by atoms with Gasteiger partial charge in [0, 0.05) is 0 Å². The van der Waals surface area contributed by atoms with Gasteiger partial charge in [-0.1, -0.05) is 0 Å². The molecule has 0 heterocycles. The van der Waals surface area contributed by atoms with Crippen LogP contribution in [-0.4, -0.2) is 6.18 Å². The Hall–Kier alpha value is -1.61. The van der Waals surface area contributed by atoms with Gasteiger partial charge in [0.1, 0.15) is 11.9 Å². The molecule has 80 valence electrons. The number of benzene rings is 1. The van der Waals surface area contributed by atoms with E-state index in [2.05, 4.69) is 0 Å². The zero-order valence-corrected chi connectivity index (χ0v) is 7.35. The fourth-order valence-electron chi connectivity index (χ4n) is 1.05. The molecule has 0 amide bonds. The molecule has 0 aliphatic rings. The van der Waals surface area contributed by atoms with Crippen LogP contribution in [0.5, 0.6) is 0 Å². The quantitative estimate of drug-likeness (QED) is 0.735. The summed E-state index contributed by atoms with van der Waals surface area (Å²) in [5.41, 5.74) is 4.21. The third kappa shape index (κ3) is 2.67. The number of hydrogen-bond acceptors (Lipinski definition) is 2. The van der Waals surface area contributed by atoms with Gasteiger partial charge in [0.05, 0.1) is 11.6 Å². The van der Waals surface area contributed by atoms with Crippen molar-refractivity contribution in [3.63, 3.8) is 0 Å². The Balaban J connectivity index is 3.16. The highest BCUT2D eigenvalue weighted by molar-refractivity contribution is 5.35. The first kappa shape index (κ1) is 11.5. The molecule has 1 rings (SSSR count). The molecule has 15 heavy (non-hydrogen) atoms. The number of nitriles is 1. The van der Waals surface area contributed by atoms with E-state index in [1.54, 1.807) is 6.07 Å². The summed E-state index contributed by atoms with van der Waals surface area (Å²) in [6.07, 6.45) is -4.65. The van der Waals surface area contributed by atoms with Gasteiger partial charge in [-0.15, -0.1) is 0 Å². The monoisotopic (exact) mass is 218 g/mol. The van der Waals surface area contributed by atoms with Crippen LogP contribution in [0.25, 0.3) is 0 Å². The van der Waals surface area contributed by atoms with Crippen LogP contribution >= 0.6 is 0 Å². The van der Waals surface area contributed by atoms with E-state index in [1.807, 2.05) is 0 Å². The summed E-state index contributed by atoms with van der Waals surface area (Å²) in [5.74, 6) is -0.913. The van der Waals surface area contributed by atoms with Crippen molar-refractivity contribution in [2.24, 2.45) is 5.73 Å². The van der Waals surface area contributed by atoms with Crippen LogP contribution in [0, 0.1) is 17.1 Å². The number of nitrogens with zero attached hydrogens (tertiary/aromatic N) is 1. The summed E-state index contributed by atoms with van der Waals surface area (Å²) < 4.78 is 49.3. The fraction of sp³-hybridized carbons (Fsp3) is 0.222. The molecule has 0 bridgehead atoms. The van der Waals surface area contributed by atoms with E-state index in [0.717, 1.165) is 12.1 Å². The standard InChI is InChI=1S/C9H6F4N2/c10-7-2-5(4-14)1-6(3-7)8(15)9(11,12)13/h1-3,8H,15H2/t8-/m1/s1. The highest BCUT2D eigenvalue weighted by atomic mass is 19.4. The molecule has 0 aromatic heterocycles. The van der Waals surface area contributed by atoms with Gasteiger partial charge in [0.15, 0.2) is 0 Å². The number of nitrogens with two attached hydrogens (primary N) is 1. The smallest absolute Gasteiger partial charge is 0.316 e. The van der Waals surface area contributed by atoms with E-state index >= 15 is 0 Å². The predicted molar refractivity (Wildman–Crippen MR) is 44.1 cm³/mol. The lowest BCUT2D eigenvalue weighted by atomic mass is 10.0. The Morgan fingerprint density at radius 1 is 1.27 bits per heavy atom. The number of halogens is 4. The van der Waals surface area contributed by atoms with Crippen LogP contribution in [0.4, 0.5) is 17.6 Å². The lowest BCUT2D eigenvalue weighted by Crippen LogP contribution is -2.28. The Labute approximate surface area is 82.9 Å². The van der Waals surface area contributed by atoms with E-state index in [-0.39, 0.29) is 5.56 Å². The maximum absolute atomic E-state index is 12.8.